The first-order valence-corrected chi connectivity index (χ1v) is 6.78. The van der Waals surface area contributed by atoms with Gasteiger partial charge in [-0.2, -0.15) is 0 Å². The number of halogens is 1. The van der Waals surface area contributed by atoms with Crippen LogP contribution in [0.3, 0.4) is 0 Å². The Balaban J connectivity index is 2.43. The summed E-state index contributed by atoms with van der Waals surface area (Å²) in [7, 11) is 0. The van der Waals surface area contributed by atoms with Gasteiger partial charge in [0.1, 0.15) is 6.33 Å². The van der Waals surface area contributed by atoms with E-state index in [4.69, 9.17) is 11.6 Å². The standard InChI is InChI=1S/C14H14ClN5O2/c1-3-6-16-13-12(20(21)22)14(18-8-17-13)19-11-7-10(15)5-4-9(11)2/h3-5,7-8H,1,6H2,2H3,(H2,16,17,18,19). The Morgan fingerprint density at radius 2 is 2.14 bits per heavy atom. The molecule has 0 bridgehead atoms. The smallest absolute Gasteiger partial charge is 0.353 e. The maximum Gasteiger partial charge on any atom is 0.353 e. The van der Waals surface area contributed by atoms with Crippen molar-refractivity contribution in [3.63, 3.8) is 0 Å². The van der Waals surface area contributed by atoms with Crippen molar-refractivity contribution in [1.82, 2.24) is 9.97 Å². The maximum absolute atomic E-state index is 11.3. The van der Waals surface area contributed by atoms with Crippen molar-refractivity contribution >= 4 is 34.6 Å². The van der Waals surface area contributed by atoms with Gasteiger partial charge in [0.05, 0.1) is 4.92 Å². The van der Waals surface area contributed by atoms with Crippen molar-refractivity contribution in [3.8, 4) is 0 Å². The molecular formula is C14H14ClN5O2. The molecule has 0 aliphatic rings. The quantitative estimate of drug-likeness (QED) is 0.479. The lowest BCUT2D eigenvalue weighted by molar-refractivity contribution is -0.383. The monoisotopic (exact) mass is 319 g/mol. The molecule has 2 rings (SSSR count). The molecular weight excluding hydrogens is 306 g/mol. The van der Waals surface area contributed by atoms with Gasteiger partial charge in [-0.1, -0.05) is 23.7 Å². The molecule has 0 saturated carbocycles. The lowest BCUT2D eigenvalue weighted by Crippen LogP contribution is -2.08. The first kappa shape index (κ1) is 15.7. The number of hydrogen-bond donors (Lipinski definition) is 2. The Hall–Kier alpha value is -2.67. The van der Waals surface area contributed by atoms with Gasteiger partial charge in [-0.25, -0.2) is 9.97 Å². The highest BCUT2D eigenvalue weighted by atomic mass is 35.5. The third-order valence-electron chi connectivity index (χ3n) is 2.87. The van der Waals surface area contributed by atoms with Crippen LogP contribution in [-0.2, 0) is 0 Å². The lowest BCUT2D eigenvalue weighted by atomic mass is 10.2. The highest BCUT2D eigenvalue weighted by molar-refractivity contribution is 6.30. The van der Waals surface area contributed by atoms with Crippen LogP contribution >= 0.6 is 11.6 Å². The van der Waals surface area contributed by atoms with Crippen LogP contribution in [0.25, 0.3) is 0 Å². The highest BCUT2D eigenvalue weighted by Crippen LogP contribution is 2.32. The second-order valence-corrected chi connectivity index (χ2v) is 4.87. The molecule has 1 heterocycles. The van der Waals surface area contributed by atoms with E-state index in [1.165, 1.54) is 6.33 Å². The summed E-state index contributed by atoms with van der Waals surface area (Å²) in [4.78, 5) is 18.7. The van der Waals surface area contributed by atoms with E-state index < -0.39 is 4.92 Å². The van der Waals surface area contributed by atoms with Gasteiger partial charge in [0.25, 0.3) is 0 Å². The van der Waals surface area contributed by atoms with Crippen LogP contribution in [-0.4, -0.2) is 21.4 Å². The minimum atomic E-state index is -0.534. The van der Waals surface area contributed by atoms with Crippen molar-refractivity contribution in [2.45, 2.75) is 6.92 Å². The van der Waals surface area contributed by atoms with Gasteiger partial charge in [0.15, 0.2) is 0 Å². The van der Waals surface area contributed by atoms with E-state index in [1.54, 1.807) is 18.2 Å². The Morgan fingerprint density at radius 1 is 1.41 bits per heavy atom. The van der Waals surface area contributed by atoms with Gasteiger partial charge in [0, 0.05) is 17.3 Å². The number of aryl methyl sites for hydroxylation is 1. The van der Waals surface area contributed by atoms with Gasteiger partial charge < -0.3 is 10.6 Å². The molecule has 1 aromatic heterocycles. The third kappa shape index (κ3) is 3.50. The molecule has 8 heteroatoms. The van der Waals surface area contributed by atoms with Gasteiger partial charge >= 0.3 is 5.69 Å². The summed E-state index contributed by atoms with van der Waals surface area (Å²) in [5.41, 5.74) is 1.30. The molecule has 1 aromatic carbocycles. The predicted molar refractivity (Wildman–Crippen MR) is 86.8 cm³/mol. The summed E-state index contributed by atoms with van der Waals surface area (Å²) in [5, 5.41) is 17.6. The highest BCUT2D eigenvalue weighted by Gasteiger charge is 2.23. The summed E-state index contributed by atoms with van der Waals surface area (Å²) in [6, 6.07) is 5.24. The number of rotatable bonds is 6. The molecule has 0 unspecified atom stereocenters. The number of benzene rings is 1. The summed E-state index contributed by atoms with van der Waals surface area (Å²) in [5.74, 6) is 0.221. The van der Waals surface area contributed by atoms with Gasteiger partial charge in [-0.15, -0.1) is 6.58 Å². The molecule has 2 N–H and O–H groups in total. The first-order valence-electron chi connectivity index (χ1n) is 6.40. The number of nitrogens with one attached hydrogen (secondary N) is 2. The van der Waals surface area contributed by atoms with E-state index in [0.29, 0.717) is 17.3 Å². The maximum atomic E-state index is 11.3. The van der Waals surface area contributed by atoms with Crippen molar-refractivity contribution in [2.75, 3.05) is 17.2 Å². The Labute approximate surface area is 132 Å². The van der Waals surface area contributed by atoms with Gasteiger partial charge in [0.2, 0.25) is 11.6 Å². The summed E-state index contributed by atoms with van der Waals surface area (Å²) >= 11 is 5.96. The molecule has 0 atom stereocenters. The minimum absolute atomic E-state index is 0.0944. The van der Waals surface area contributed by atoms with E-state index in [9.17, 15) is 10.1 Å². The van der Waals surface area contributed by atoms with Crippen LogP contribution in [0.5, 0.6) is 0 Å². The zero-order valence-electron chi connectivity index (χ0n) is 11.8. The van der Waals surface area contributed by atoms with Crippen LogP contribution in [0, 0.1) is 17.0 Å². The molecule has 0 aliphatic carbocycles. The molecule has 114 valence electrons. The molecule has 0 amide bonds. The second-order valence-electron chi connectivity index (χ2n) is 4.43. The van der Waals surface area contributed by atoms with Crippen molar-refractivity contribution in [1.29, 1.82) is 0 Å². The third-order valence-corrected chi connectivity index (χ3v) is 3.11. The normalized spacial score (nSPS) is 10.1. The average molecular weight is 320 g/mol. The molecule has 2 aromatic rings. The topological polar surface area (TPSA) is 93.0 Å². The van der Waals surface area contributed by atoms with E-state index in [-0.39, 0.29) is 17.3 Å². The second kappa shape index (κ2) is 6.86. The van der Waals surface area contributed by atoms with Crippen molar-refractivity contribution in [3.05, 3.63) is 57.9 Å². The van der Waals surface area contributed by atoms with Gasteiger partial charge in [-0.05, 0) is 24.6 Å². The fourth-order valence-corrected chi connectivity index (χ4v) is 1.97. The van der Waals surface area contributed by atoms with E-state index in [0.717, 1.165) is 5.56 Å². The molecule has 0 aliphatic heterocycles. The number of nitro groups is 1. The molecule has 7 nitrogen and oxygen atoms in total. The summed E-state index contributed by atoms with van der Waals surface area (Å²) in [6.07, 6.45) is 2.83. The number of nitrogens with zero attached hydrogens (tertiary/aromatic N) is 3. The largest absolute Gasteiger partial charge is 0.361 e. The van der Waals surface area contributed by atoms with Crippen molar-refractivity contribution in [2.24, 2.45) is 0 Å². The van der Waals surface area contributed by atoms with E-state index in [2.05, 4.69) is 27.2 Å². The molecule has 0 saturated heterocycles. The molecule has 22 heavy (non-hydrogen) atoms. The molecule has 0 fully saturated rings. The van der Waals surface area contributed by atoms with E-state index in [1.807, 2.05) is 13.0 Å². The van der Waals surface area contributed by atoms with Crippen LogP contribution < -0.4 is 10.6 Å². The van der Waals surface area contributed by atoms with Crippen molar-refractivity contribution < 1.29 is 4.92 Å². The van der Waals surface area contributed by atoms with Crippen LogP contribution in [0.2, 0.25) is 5.02 Å². The lowest BCUT2D eigenvalue weighted by Gasteiger charge is -2.11. The fourth-order valence-electron chi connectivity index (χ4n) is 1.80. The zero-order valence-corrected chi connectivity index (χ0v) is 12.6. The van der Waals surface area contributed by atoms with Crippen LogP contribution in [0.4, 0.5) is 23.0 Å². The average Bonchev–Trinajstić information content (AvgIpc) is 2.48. The fraction of sp³-hybridized carbons (Fsp3) is 0.143. The summed E-state index contributed by atoms with van der Waals surface area (Å²) < 4.78 is 0. The Morgan fingerprint density at radius 3 is 2.82 bits per heavy atom. The first-order chi connectivity index (χ1) is 10.5. The Bertz CT molecular complexity index is 720. The number of hydrogen-bond acceptors (Lipinski definition) is 6. The van der Waals surface area contributed by atoms with Crippen LogP contribution in [0.1, 0.15) is 5.56 Å². The zero-order chi connectivity index (χ0) is 16.1. The van der Waals surface area contributed by atoms with Crippen LogP contribution in [0.15, 0.2) is 37.2 Å². The SMILES string of the molecule is C=CCNc1ncnc(Nc2cc(Cl)ccc2C)c1[N+](=O)[O-]. The minimum Gasteiger partial charge on any atom is -0.361 e. The summed E-state index contributed by atoms with van der Waals surface area (Å²) in [6.45, 7) is 5.77. The molecule has 0 radical (unpaired) electrons. The van der Waals surface area contributed by atoms with Gasteiger partial charge in [-0.3, -0.25) is 10.1 Å². The number of anilines is 3. The predicted octanol–water partition coefficient (Wildman–Crippen LogP) is 3.69. The molecule has 0 spiro atoms. The Kier molecular flexibility index (Phi) is 4.90. The number of aromatic nitrogens is 2. The van der Waals surface area contributed by atoms with E-state index >= 15 is 0 Å².